The van der Waals surface area contributed by atoms with E-state index in [9.17, 15) is 9.59 Å². The van der Waals surface area contributed by atoms with Crippen molar-refractivity contribution in [2.45, 2.75) is 20.4 Å². The highest BCUT2D eigenvalue weighted by Gasteiger charge is 2.10. The highest BCUT2D eigenvalue weighted by molar-refractivity contribution is 6.30. The Balaban J connectivity index is 1.95. The molecule has 0 bridgehead atoms. The maximum absolute atomic E-state index is 12.7. The van der Waals surface area contributed by atoms with Gasteiger partial charge in [0.2, 0.25) is 5.91 Å². The molecule has 1 aromatic heterocycles. The molecule has 0 aliphatic heterocycles. The van der Waals surface area contributed by atoms with Crippen molar-refractivity contribution >= 4 is 29.3 Å². The van der Waals surface area contributed by atoms with E-state index < -0.39 is 0 Å². The summed E-state index contributed by atoms with van der Waals surface area (Å²) in [6, 6.07) is 16.8. The minimum Gasteiger partial charge on any atom is -0.322 e. The molecule has 6 heteroatoms. The quantitative estimate of drug-likeness (QED) is 0.691. The van der Waals surface area contributed by atoms with Gasteiger partial charge in [0.1, 0.15) is 5.69 Å². The molecule has 5 nitrogen and oxygen atoms in total. The van der Waals surface area contributed by atoms with E-state index in [0.717, 1.165) is 16.7 Å². The van der Waals surface area contributed by atoms with Crippen LogP contribution in [0.5, 0.6) is 0 Å². The molecular weight excluding hydrogens is 374 g/mol. The molecule has 1 N–H and O–H groups in total. The van der Waals surface area contributed by atoms with Gasteiger partial charge in [-0.2, -0.15) is 5.10 Å². The lowest BCUT2D eigenvalue weighted by molar-refractivity contribution is -0.114. The number of hydrogen-bond acceptors (Lipinski definition) is 3. The van der Waals surface area contributed by atoms with Crippen LogP contribution in [0.2, 0.25) is 5.02 Å². The van der Waals surface area contributed by atoms with E-state index in [0.29, 0.717) is 10.7 Å². The van der Waals surface area contributed by atoms with Gasteiger partial charge in [-0.25, -0.2) is 4.68 Å². The van der Waals surface area contributed by atoms with Gasteiger partial charge < -0.3 is 5.32 Å². The normalized spacial score (nSPS) is 11.0. The molecule has 3 aromatic rings. The number of carbonyl (C=O) groups excluding carboxylic acids is 1. The summed E-state index contributed by atoms with van der Waals surface area (Å²) < 4.78 is 1.34. The summed E-state index contributed by atoms with van der Waals surface area (Å²) in [7, 11) is 0. The SMILES string of the molecule is CC(=O)Nc1cc(-c2ccc(C)cc2)nn(C/C=C/c2ccc(Cl)cc2)c1=O. The number of halogens is 1. The fraction of sp³-hybridized carbons (Fsp3) is 0.136. The molecule has 1 amide bonds. The summed E-state index contributed by atoms with van der Waals surface area (Å²) in [6.45, 7) is 3.65. The second kappa shape index (κ2) is 8.67. The van der Waals surface area contributed by atoms with E-state index in [2.05, 4.69) is 10.4 Å². The summed E-state index contributed by atoms with van der Waals surface area (Å²) in [5, 5.41) is 7.73. The zero-order valence-electron chi connectivity index (χ0n) is 15.6. The number of benzene rings is 2. The maximum Gasteiger partial charge on any atom is 0.290 e. The Kier molecular flexibility index (Phi) is 6.06. The van der Waals surface area contributed by atoms with Gasteiger partial charge in [0.15, 0.2) is 0 Å². The number of carbonyl (C=O) groups is 1. The van der Waals surface area contributed by atoms with Crippen LogP contribution in [0.3, 0.4) is 0 Å². The molecule has 0 saturated carbocycles. The fourth-order valence-electron chi connectivity index (χ4n) is 2.67. The molecule has 0 aliphatic carbocycles. The van der Waals surface area contributed by atoms with Crippen molar-refractivity contribution in [3.05, 3.63) is 87.2 Å². The lowest BCUT2D eigenvalue weighted by Gasteiger charge is -2.10. The van der Waals surface area contributed by atoms with Crippen LogP contribution in [0.15, 0.2) is 65.5 Å². The third-order valence-electron chi connectivity index (χ3n) is 4.09. The van der Waals surface area contributed by atoms with Crippen LogP contribution < -0.4 is 10.9 Å². The zero-order chi connectivity index (χ0) is 20.1. The topological polar surface area (TPSA) is 64.0 Å². The monoisotopic (exact) mass is 393 g/mol. The van der Waals surface area contributed by atoms with Crippen molar-refractivity contribution in [1.82, 2.24) is 9.78 Å². The Bertz CT molecular complexity index is 1070. The molecule has 0 atom stereocenters. The summed E-state index contributed by atoms with van der Waals surface area (Å²) in [5.41, 5.74) is 3.43. The third-order valence-corrected chi connectivity index (χ3v) is 4.34. The van der Waals surface area contributed by atoms with Crippen LogP contribution in [0.25, 0.3) is 17.3 Å². The minimum atomic E-state index is -0.355. The number of anilines is 1. The fourth-order valence-corrected chi connectivity index (χ4v) is 2.80. The smallest absolute Gasteiger partial charge is 0.290 e. The molecule has 0 unspecified atom stereocenters. The van der Waals surface area contributed by atoms with E-state index in [4.69, 9.17) is 11.6 Å². The molecule has 0 aliphatic rings. The molecule has 28 heavy (non-hydrogen) atoms. The van der Waals surface area contributed by atoms with Gasteiger partial charge in [0, 0.05) is 17.5 Å². The Morgan fingerprint density at radius 2 is 1.82 bits per heavy atom. The molecule has 0 radical (unpaired) electrons. The van der Waals surface area contributed by atoms with Gasteiger partial charge in [-0.3, -0.25) is 9.59 Å². The second-order valence-corrected chi connectivity index (χ2v) is 6.87. The first-order chi connectivity index (χ1) is 13.4. The molecule has 3 rings (SSSR count). The average molecular weight is 394 g/mol. The number of allylic oxidation sites excluding steroid dienone is 1. The number of hydrogen-bond donors (Lipinski definition) is 1. The van der Waals surface area contributed by atoms with Crippen molar-refractivity contribution < 1.29 is 4.79 Å². The molecular formula is C22H20ClN3O2. The standard InChI is InChI=1S/C22H20ClN3O2/c1-15-5-9-18(10-6-15)20-14-21(24-16(2)27)22(28)26(25-20)13-3-4-17-7-11-19(23)12-8-17/h3-12,14H,13H2,1-2H3,(H,24,27)/b4-3+. The Hall–Kier alpha value is -3.18. The summed E-state index contributed by atoms with van der Waals surface area (Å²) in [6.07, 6.45) is 3.73. The van der Waals surface area contributed by atoms with Crippen molar-refractivity contribution in [2.24, 2.45) is 0 Å². The van der Waals surface area contributed by atoms with Crippen LogP contribution >= 0.6 is 11.6 Å². The van der Waals surface area contributed by atoms with Gasteiger partial charge in [0.05, 0.1) is 12.2 Å². The van der Waals surface area contributed by atoms with E-state index >= 15 is 0 Å². The predicted molar refractivity (Wildman–Crippen MR) is 113 cm³/mol. The number of nitrogens with zero attached hydrogens (tertiary/aromatic N) is 2. The summed E-state index contributed by atoms with van der Waals surface area (Å²) in [4.78, 5) is 24.2. The van der Waals surface area contributed by atoms with Crippen LogP contribution in [0.1, 0.15) is 18.1 Å². The number of rotatable bonds is 5. The summed E-state index contributed by atoms with van der Waals surface area (Å²) >= 11 is 5.89. The van der Waals surface area contributed by atoms with E-state index in [1.807, 2.05) is 55.5 Å². The first-order valence-corrected chi connectivity index (χ1v) is 9.19. The number of aryl methyl sites for hydroxylation is 1. The van der Waals surface area contributed by atoms with Crippen molar-refractivity contribution in [2.75, 3.05) is 5.32 Å². The largest absolute Gasteiger partial charge is 0.322 e. The molecule has 2 aromatic carbocycles. The van der Waals surface area contributed by atoms with Crippen molar-refractivity contribution in [1.29, 1.82) is 0 Å². The molecule has 0 fully saturated rings. The van der Waals surface area contributed by atoms with Crippen molar-refractivity contribution in [3.63, 3.8) is 0 Å². The molecule has 142 valence electrons. The first-order valence-electron chi connectivity index (χ1n) is 8.81. The maximum atomic E-state index is 12.7. The molecule has 0 spiro atoms. The van der Waals surface area contributed by atoms with Crippen LogP contribution in [-0.2, 0) is 11.3 Å². The van der Waals surface area contributed by atoms with Crippen LogP contribution in [-0.4, -0.2) is 15.7 Å². The number of amides is 1. The number of nitrogens with one attached hydrogen (secondary N) is 1. The van der Waals surface area contributed by atoms with Gasteiger partial charge in [-0.1, -0.05) is 65.7 Å². The average Bonchev–Trinajstić information content (AvgIpc) is 2.66. The second-order valence-electron chi connectivity index (χ2n) is 6.43. The Labute approximate surface area is 168 Å². The molecule has 1 heterocycles. The zero-order valence-corrected chi connectivity index (χ0v) is 16.4. The third kappa shape index (κ3) is 4.96. The van der Waals surface area contributed by atoms with E-state index in [1.165, 1.54) is 11.6 Å². The Morgan fingerprint density at radius 1 is 1.14 bits per heavy atom. The lowest BCUT2D eigenvalue weighted by atomic mass is 10.1. The van der Waals surface area contributed by atoms with Crippen molar-refractivity contribution in [3.8, 4) is 11.3 Å². The van der Waals surface area contributed by atoms with Gasteiger partial charge in [0.25, 0.3) is 5.56 Å². The molecule has 0 saturated heterocycles. The predicted octanol–water partition coefficient (Wildman–Crippen LogP) is 4.54. The summed E-state index contributed by atoms with van der Waals surface area (Å²) in [5.74, 6) is -0.304. The van der Waals surface area contributed by atoms with Gasteiger partial charge in [-0.05, 0) is 30.7 Å². The van der Waals surface area contributed by atoms with Crippen LogP contribution in [0, 0.1) is 6.92 Å². The minimum absolute atomic E-state index is 0.206. The first kappa shape index (κ1) is 19.6. The number of aromatic nitrogens is 2. The lowest BCUT2D eigenvalue weighted by Crippen LogP contribution is -2.27. The highest BCUT2D eigenvalue weighted by atomic mass is 35.5. The van der Waals surface area contributed by atoms with E-state index in [1.54, 1.807) is 18.2 Å². The van der Waals surface area contributed by atoms with Crippen LogP contribution in [0.4, 0.5) is 5.69 Å². The van der Waals surface area contributed by atoms with Gasteiger partial charge in [-0.15, -0.1) is 0 Å². The van der Waals surface area contributed by atoms with E-state index in [-0.39, 0.29) is 23.7 Å². The Morgan fingerprint density at radius 3 is 2.46 bits per heavy atom. The van der Waals surface area contributed by atoms with Gasteiger partial charge >= 0.3 is 0 Å². The highest BCUT2D eigenvalue weighted by Crippen LogP contribution is 2.19.